The minimum Gasteiger partial charge on any atom is -0.496 e. The van der Waals surface area contributed by atoms with E-state index in [0.29, 0.717) is 30.2 Å². The van der Waals surface area contributed by atoms with Crippen molar-refractivity contribution in [1.29, 1.82) is 0 Å². The Morgan fingerprint density at radius 3 is 2.33 bits per heavy atom. The first kappa shape index (κ1) is 35.9. The van der Waals surface area contributed by atoms with Gasteiger partial charge in [0, 0.05) is 62.4 Å². The molecule has 1 saturated carbocycles. The van der Waals surface area contributed by atoms with Crippen molar-refractivity contribution in [3.8, 4) is 5.75 Å². The third-order valence-electron chi connectivity index (χ3n) is 12.5. The molecule has 2 N–H and O–H groups in total. The summed E-state index contributed by atoms with van der Waals surface area (Å²) >= 11 is 0. The zero-order chi connectivity index (χ0) is 36.6. The van der Waals surface area contributed by atoms with Crippen LogP contribution < -0.4 is 20.9 Å². The van der Waals surface area contributed by atoms with Crippen molar-refractivity contribution >= 4 is 23.4 Å². The molecule has 4 heterocycles. The predicted molar refractivity (Wildman–Crippen MR) is 200 cm³/mol. The van der Waals surface area contributed by atoms with Crippen LogP contribution in [-0.4, -0.2) is 83.7 Å². The summed E-state index contributed by atoms with van der Waals surface area (Å²) in [4.78, 5) is 54.6. The van der Waals surface area contributed by atoms with Gasteiger partial charge in [-0.3, -0.25) is 24.5 Å². The summed E-state index contributed by atoms with van der Waals surface area (Å²) in [6, 6.07) is 14.7. The second-order valence-corrected chi connectivity index (χ2v) is 15.8. The smallest absolute Gasteiger partial charge is 0.271 e. The second kappa shape index (κ2) is 14.8. The molecule has 4 aliphatic rings. The summed E-state index contributed by atoms with van der Waals surface area (Å²) in [6.07, 6.45) is 10.1. The van der Waals surface area contributed by atoms with Crippen molar-refractivity contribution in [2.45, 2.75) is 88.5 Å². The Labute approximate surface area is 306 Å². The topological polar surface area (TPSA) is 126 Å². The van der Waals surface area contributed by atoms with Gasteiger partial charge in [0.05, 0.1) is 24.9 Å². The molecule has 4 fully saturated rings. The lowest BCUT2D eigenvalue weighted by atomic mass is 9.64. The van der Waals surface area contributed by atoms with Crippen LogP contribution in [0.15, 0.2) is 53.5 Å². The Morgan fingerprint density at radius 1 is 0.923 bits per heavy atom. The van der Waals surface area contributed by atoms with Crippen LogP contribution in [0.3, 0.4) is 0 Å². The lowest BCUT2D eigenvalue weighted by Gasteiger charge is -2.46. The number of methoxy groups -OCH3 is 1. The lowest BCUT2D eigenvalue weighted by Crippen LogP contribution is -2.44. The van der Waals surface area contributed by atoms with Crippen molar-refractivity contribution in [3.63, 3.8) is 0 Å². The van der Waals surface area contributed by atoms with Crippen molar-refractivity contribution in [1.82, 2.24) is 24.9 Å². The van der Waals surface area contributed by atoms with Gasteiger partial charge in [0.2, 0.25) is 11.8 Å². The number of hydrogen-bond acceptors (Lipinski definition) is 8. The molecule has 11 nitrogen and oxygen atoms in total. The molecule has 3 unspecified atom stereocenters. The van der Waals surface area contributed by atoms with Gasteiger partial charge in [0.1, 0.15) is 5.75 Å². The van der Waals surface area contributed by atoms with Crippen LogP contribution in [0.5, 0.6) is 5.75 Å². The zero-order valence-corrected chi connectivity index (χ0v) is 31.0. The van der Waals surface area contributed by atoms with Crippen LogP contribution in [0.25, 0.3) is 0 Å². The minimum absolute atomic E-state index is 0.0867. The summed E-state index contributed by atoms with van der Waals surface area (Å²) in [6.45, 7) is 5.24. The Morgan fingerprint density at radius 2 is 1.63 bits per heavy atom. The van der Waals surface area contributed by atoms with Crippen LogP contribution >= 0.6 is 0 Å². The number of rotatable bonds is 7. The van der Waals surface area contributed by atoms with Gasteiger partial charge in [-0.05, 0) is 112 Å². The third kappa shape index (κ3) is 7.38. The number of ether oxygens (including phenoxy) is 1. The van der Waals surface area contributed by atoms with Gasteiger partial charge >= 0.3 is 0 Å². The Balaban J connectivity index is 0.918. The van der Waals surface area contributed by atoms with E-state index in [1.807, 2.05) is 30.0 Å². The first-order chi connectivity index (χ1) is 25.0. The SMILES string of the molecule is COc1cc(C2CCC3(CC2)CCN(C(=O)c2ccc(C4CC(Nc5cnn(C)c(=O)c5C)CN(C)C4)cc2)CC3)ccc1C1CCC(=O)NC1=O. The Bertz CT molecular complexity index is 1870. The third-order valence-corrected chi connectivity index (χ3v) is 12.5. The number of carbonyl (C=O) groups is 3. The fourth-order valence-corrected chi connectivity index (χ4v) is 9.27. The maximum absolute atomic E-state index is 13.6. The molecule has 3 atom stereocenters. The number of aromatic nitrogens is 2. The largest absolute Gasteiger partial charge is 0.496 e. The van der Waals surface area contributed by atoms with Crippen LogP contribution in [-0.2, 0) is 16.6 Å². The van der Waals surface area contributed by atoms with E-state index in [4.69, 9.17) is 4.74 Å². The molecule has 2 aromatic carbocycles. The van der Waals surface area contributed by atoms with Gasteiger partial charge in [-0.25, -0.2) is 4.68 Å². The van der Waals surface area contributed by atoms with Crippen molar-refractivity contribution in [2.24, 2.45) is 12.5 Å². The van der Waals surface area contributed by atoms with Crippen molar-refractivity contribution in [3.05, 3.63) is 86.8 Å². The van der Waals surface area contributed by atoms with E-state index in [9.17, 15) is 19.2 Å². The van der Waals surface area contributed by atoms with Gasteiger partial charge in [0.25, 0.3) is 11.5 Å². The molecule has 0 bridgehead atoms. The number of anilines is 1. The highest BCUT2D eigenvalue weighted by Crippen LogP contribution is 2.49. The molecule has 3 aromatic rings. The van der Waals surface area contributed by atoms with Crippen LogP contribution in [0.2, 0.25) is 0 Å². The molecule has 3 aliphatic heterocycles. The summed E-state index contributed by atoms with van der Waals surface area (Å²) in [5.74, 6) is 0.784. The highest BCUT2D eigenvalue weighted by Gasteiger charge is 2.40. The molecule has 276 valence electrons. The number of likely N-dealkylation sites (N-methyl/N-ethyl adjacent to an activating group) is 1. The molecular formula is C41H52N6O5. The molecule has 1 aromatic heterocycles. The van der Waals surface area contributed by atoms with Crippen molar-refractivity contribution in [2.75, 3.05) is 45.7 Å². The highest BCUT2D eigenvalue weighted by molar-refractivity contribution is 6.01. The fraction of sp³-hybridized carbons (Fsp3) is 0.537. The number of aryl methyl sites for hydroxylation is 1. The van der Waals surface area contributed by atoms with Crippen LogP contribution in [0.1, 0.15) is 108 Å². The molecule has 3 saturated heterocycles. The standard InChI is InChI=1S/C41H52N6O5/c1-26-35(23-42-46(3)39(26)50)43-32-21-31(24-45(2)25-32)27-5-7-29(8-6-27)40(51)47-19-17-41(18-20-47)15-13-28(14-16-41)30-9-10-33(36(22-30)52-4)34-11-12-37(48)44-38(34)49/h5-10,22-23,28,31-32,34,43H,11-21,24-25H2,1-4H3,(H,44,48,49). The summed E-state index contributed by atoms with van der Waals surface area (Å²) in [7, 11) is 5.44. The lowest BCUT2D eigenvalue weighted by molar-refractivity contribution is -0.134. The van der Waals surface area contributed by atoms with Crippen LogP contribution in [0, 0.1) is 12.3 Å². The number of benzene rings is 2. The molecule has 3 amide bonds. The number of amides is 3. The number of imide groups is 1. The quantitative estimate of drug-likeness (QED) is 0.325. The van der Waals surface area contributed by atoms with E-state index in [0.717, 1.165) is 93.7 Å². The molecule has 1 aliphatic carbocycles. The Hall–Kier alpha value is -4.51. The minimum atomic E-state index is -0.362. The van der Waals surface area contributed by atoms with Gasteiger partial charge in [-0.1, -0.05) is 24.3 Å². The summed E-state index contributed by atoms with van der Waals surface area (Å²) in [5, 5.41) is 10.2. The average molecular weight is 709 g/mol. The van der Waals surface area contributed by atoms with E-state index in [2.05, 4.69) is 51.9 Å². The molecular weight excluding hydrogens is 656 g/mol. The second-order valence-electron chi connectivity index (χ2n) is 15.8. The number of nitrogens with zero attached hydrogens (tertiary/aromatic N) is 4. The summed E-state index contributed by atoms with van der Waals surface area (Å²) in [5.41, 5.74) is 5.75. The maximum atomic E-state index is 13.6. The van der Waals surface area contributed by atoms with Gasteiger partial charge in [-0.2, -0.15) is 5.10 Å². The van der Waals surface area contributed by atoms with E-state index in [-0.39, 0.29) is 40.7 Å². The van der Waals surface area contributed by atoms with Gasteiger partial charge in [-0.15, -0.1) is 0 Å². The zero-order valence-electron chi connectivity index (χ0n) is 31.0. The van der Waals surface area contributed by atoms with Crippen LogP contribution in [0.4, 0.5) is 5.69 Å². The maximum Gasteiger partial charge on any atom is 0.271 e. The first-order valence-electron chi connectivity index (χ1n) is 18.9. The molecule has 1 spiro atoms. The number of nitrogens with one attached hydrogen (secondary N) is 2. The number of hydrogen-bond donors (Lipinski definition) is 2. The number of piperidine rings is 3. The fourth-order valence-electron chi connectivity index (χ4n) is 9.27. The number of likely N-dealkylation sites (tertiary alicyclic amines) is 2. The molecule has 52 heavy (non-hydrogen) atoms. The normalized spacial score (nSPS) is 24.1. The van der Waals surface area contributed by atoms with E-state index < -0.39 is 0 Å². The number of carbonyl (C=O) groups excluding carboxylic acids is 3. The van der Waals surface area contributed by atoms with E-state index >= 15 is 0 Å². The predicted octanol–water partition coefficient (Wildman–Crippen LogP) is 5.10. The molecule has 7 rings (SSSR count). The molecule has 11 heteroatoms. The highest BCUT2D eigenvalue weighted by atomic mass is 16.5. The van der Waals surface area contributed by atoms with Crippen molar-refractivity contribution < 1.29 is 19.1 Å². The summed E-state index contributed by atoms with van der Waals surface area (Å²) < 4.78 is 7.10. The molecule has 0 radical (unpaired) electrons. The van der Waals surface area contributed by atoms with E-state index in [1.54, 1.807) is 20.4 Å². The van der Waals surface area contributed by atoms with Gasteiger partial charge < -0.3 is 19.9 Å². The Kier molecular flexibility index (Phi) is 10.2. The first-order valence-corrected chi connectivity index (χ1v) is 18.9. The van der Waals surface area contributed by atoms with Gasteiger partial charge in [0.15, 0.2) is 0 Å². The van der Waals surface area contributed by atoms with E-state index in [1.165, 1.54) is 15.8 Å². The average Bonchev–Trinajstić information content (AvgIpc) is 3.15. The monoisotopic (exact) mass is 708 g/mol.